The van der Waals surface area contributed by atoms with E-state index in [4.69, 9.17) is 19.9 Å². The maximum atomic E-state index is 13.9. The number of rotatable bonds is 15. The fourth-order valence-corrected chi connectivity index (χ4v) is 6.60. The van der Waals surface area contributed by atoms with Crippen molar-refractivity contribution in [3.63, 3.8) is 0 Å². The highest BCUT2D eigenvalue weighted by atomic mass is 16.6. The van der Waals surface area contributed by atoms with Gasteiger partial charge in [-0.25, -0.2) is 4.79 Å². The number of ether oxygens (including phenoxy) is 3. The van der Waals surface area contributed by atoms with Crippen LogP contribution < -0.4 is 16.4 Å². The van der Waals surface area contributed by atoms with Gasteiger partial charge in [-0.1, -0.05) is 103 Å². The number of ketones is 2. The number of Topliss-reactive ketones (excluding diaryl/α,β-unsaturated/α-hetero) is 1. The van der Waals surface area contributed by atoms with Gasteiger partial charge in [0, 0.05) is 43.9 Å². The lowest BCUT2D eigenvalue weighted by Gasteiger charge is -2.30. The zero-order chi connectivity index (χ0) is 37.9. The van der Waals surface area contributed by atoms with Gasteiger partial charge >= 0.3 is 6.09 Å². The topological polar surface area (TPSA) is 166 Å². The molecule has 11 nitrogen and oxygen atoms in total. The van der Waals surface area contributed by atoms with Crippen LogP contribution in [0, 0.1) is 11.8 Å². The molecule has 0 fully saturated rings. The lowest BCUT2D eigenvalue weighted by atomic mass is 9.85. The first-order valence-electron chi connectivity index (χ1n) is 18.7. The van der Waals surface area contributed by atoms with Crippen molar-refractivity contribution in [1.29, 1.82) is 0 Å². The van der Waals surface area contributed by atoms with Crippen LogP contribution in [0.2, 0.25) is 0 Å². The van der Waals surface area contributed by atoms with Gasteiger partial charge in [0.05, 0.1) is 23.6 Å². The van der Waals surface area contributed by atoms with E-state index in [1.54, 1.807) is 32.1 Å². The summed E-state index contributed by atoms with van der Waals surface area (Å²) in [6.45, 7) is 9.88. The Labute approximate surface area is 305 Å². The molecule has 2 bridgehead atoms. The van der Waals surface area contributed by atoms with Gasteiger partial charge in [0.1, 0.15) is 6.10 Å². The van der Waals surface area contributed by atoms with Crippen LogP contribution in [0.25, 0.3) is 0 Å². The Morgan fingerprint density at radius 3 is 2.20 bits per heavy atom. The second-order valence-corrected chi connectivity index (χ2v) is 14.0. The van der Waals surface area contributed by atoms with Crippen molar-refractivity contribution in [3.8, 4) is 0 Å². The number of aliphatic hydroxyl groups excluding tert-OH is 1. The summed E-state index contributed by atoms with van der Waals surface area (Å²) >= 11 is 0. The fourth-order valence-electron chi connectivity index (χ4n) is 6.60. The third-order valence-electron chi connectivity index (χ3n) is 9.63. The minimum Gasteiger partial charge on any atom is -0.439 e. The monoisotopic (exact) mass is 713 g/mol. The summed E-state index contributed by atoms with van der Waals surface area (Å²) in [6, 6.07) is 0. The third-order valence-corrected chi connectivity index (χ3v) is 9.63. The first-order chi connectivity index (χ1) is 24.3. The molecule has 0 spiro atoms. The van der Waals surface area contributed by atoms with Gasteiger partial charge in [0.2, 0.25) is 11.6 Å². The maximum Gasteiger partial charge on any atom is 0.405 e. The quantitative estimate of drug-likeness (QED) is 0.0869. The van der Waals surface area contributed by atoms with Gasteiger partial charge in [0.25, 0.3) is 5.91 Å². The maximum absolute atomic E-state index is 13.9. The lowest BCUT2D eigenvalue weighted by Crippen LogP contribution is -2.38. The van der Waals surface area contributed by atoms with Crippen LogP contribution in [0.15, 0.2) is 58.5 Å². The number of allylic oxidation sites excluding steroid dienone is 4. The number of fused-ring (bicyclic) bond motifs is 2. The third kappa shape index (κ3) is 14.5. The SMILES string of the molecule is CCCCCCCCCCCCNC1=C2C[C@@H](C)C[C@H](OC)[C@H](O)[C@@H](C)/C=C(\C)[C@H](OC(N)=O)[C@H](OC)/C=C\C=C(/C)C(=O)NC(=CC1=O)C2=O. The first-order valence-corrected chi connectivity index (χ1v) is 18.7. The Kier molecular flexibility index (Phi) is 19.8. The highest BCUT2D eigenvalue weighted by Gasteiger charge is 2.33. The van der Waals surface area contributed by atoms with Gasteiger partial charge in [-0.2, -0.15) is 0 Å². The molecule has 51 heavy (non-hydrogen) atoms. The fraction of sp³-hybridized carbons (Fsp3) is 0.650. The Bertz CT molecular complexity index is 1330. The van der Waals surface area contributed by atoms with Gasteiger partial charge < -0.3 is 35.7 Å². The molecule has 6 atom stereocenters. The summed E-state index contributed by atoms with van der Waals surface area (Å²) < 4.78 is 16.7. The molecule has 0 unspecified atom stereocenters. The van der Waals surface area contributed by atoms with Crippen molar-refractivity contribution < 1.29 is 38.5 Å². The summed E-state index contributed by atoms with van der Waals surface area (Å²) in [5.74, 6) is -1.96. The van der Waals surface area contributed by atoms with Crippen LogP contribution in [0.3, 0.4) is 0 Å². The summed E-state index contributed by atoms with van der Waals surface area (Å²) in [6.07, 6.45) is 16.0. The number of carbonyl (C=O) groups excluding carboxylic acids is 4. The molecule has 0 saturated heterocycles. The number of hydrogen-bond acceptors (Lipinski definition) is 9. The molecule has 1 aliphatic heterocycles. The molecule has 0 aromatic carbocycles. The molecular formula is C40H63N3O8. The van der Waals surface area contributed by atoms with Gasteiger partial charge in [-0.15, -0.1) is 0 Å². The molecule has 0 aromatic heterocycles. The van der Waals surface area contributed by atoms with Gasteiger partial charge in [0.15, 0.2) is 6.10 Å². The van der Waals surface area contributed by atoms with E-state index >= 15 is 0 Å². The van der Waals surface area contributed by atoms with Crippen molar-refractivity contribution in [2.75, 3.05) is 20.8 Å². The highest BCUT2D eigenvalue weighted by Crippen LogP contribution is 2.29. The summed E-state index contributed by atoms with van der Waals surface area (Å²) in [5, 5.41) is 17.3. The molecule has 0 saturated carbocycles. The Balaban J connectivity index is 2.36. The van der Waals surface area contributed by atoms with Crippen molar-refractivity contribution in [1.82, 2.24) is 10.6 Å². The minimum atomic E-state index is -0.991. The smallest absolute Gasteiger partial charge is 0.405 e. The highest BCUT2D eigenvalue weighted by molar-refractivity contribution is 6.23. The lowest BCUT2D eigenvalue weighted by molar-refractivity contribution is -0.120. The normalized spacial score (nSPS) is 28.2. The van der Waals surface area contributed by atoms with Crippen LogP contribution >= 0.6 is 0 Å². The van der Waals surface area contributed by atoms with Crippen LogP contribution in [0.1, 0.15) is 112 Å². The van der Waals surface area contributed by atoms with E-state index in [1.165, 1.54) is 71.3 Å². The molecule has 11 heteroatoms. The Hall–Kier alpha value is -3.54. The molecule has 2 rings (SSSR count). The summed E-state index contributed by atoms with van der Waals surface area (Å²) in [5.41, 5.74) is 6.73. The second-order valence-electron chi connectivity index (χ2n) is 14.0. The Morgan fingerprint density at radius 2 is 1.61 bits per heavy atom. The van der Waals surface area contributed by atoms with E-state index in [0.717, 1.165) is 19.3 Å². The molecule has 2 amide bonds. The Morgan fingerprint density at radius 1 is 0.980 bits per heavy atom. The summed E-state index contributed by atoms with van der Waals surface area (Å²) in [4.78, 5) is 52.4. The summed E-state index contributed by atoms with van der Waals surface area (Å²) in [7, 11) is 2.96. The zero-order valence-corrected chi connectivity index (χ0v) is 31.9. The van der Waals surface area contributed by atoms with E-state index in [2.05, 4.69) is 17.6 Å². The molecular weight excluding hydrogens is 650 g/mol. The van der Waals surface area contributed by atoms with Crippen LogP contribution in [0.4, 0.5) is 4.79 Å². The second kappa shape index (κ2) is 23.1. The van der Waals surface area contributed by atoms with Crippen LogP contribution in [0.5, 0.6) is 0 Å². The average Bonchev–Trinajstić information content (AvgIpc) is 3.09. The van der Waals surface area contributed by atoms with E-state index < -0.39 is 48.1 Å². The largest absolute Gasteiger partial charge is 0.439 e. The van der Waals surface area contributed by atoms with Crippen LogP contribution in [-0.4, -0.2) is 73.9 Å². The van der Waals surface area contributed by atoms with Crippen LogP contribution in [-0.2, 0) is 28.6 Å². The number of unbranched alkanes of at least 4 members (excludes halogenated alkanes) is 9. The number of hydrogen-bond donors (Lipinski definition) is 4. The number of nitrogens with two attached hydrogens (primary N) is 1. The number of carbonyl (C=O) groups is 4. The van der Waals surface area contributed by atoms with E-state index in [-0.39, 0.29) is 35.1 Å². The molecule has 0 aromatic rings. The van der Waals surface area contributed by atoms with Crippen molar-refractivity contribution in [2.24, 2.45) is 17.6 Å². The van der Waals surface area contributed by atoms with Gasteiger partial charge in [-0.05, 0) is 44.6 Å². The standard InChI is InChI=1S/C40H63N3O8/c1-8-9-10-11-12-13-14-15-16-17-21-42-35-30-22-26(2)23-34(50-7)36(45)28(4)24-29(5)38(51-40(41)48)33(49-6)20-18-19-27(3)39(47)43-31(37(30)46)25-32(35)44/h18-20,24-26,28,33-34,36,38,42,45H,8-17,21-23H2,1-7H3,(H2,41,48)(H,43,47)/b20-18-,27-19+,29-24+/t26-,28+,33-,34+,36-,38+/m1/s1. The number of aliphatic hydroxyl groups is 1. The molecule has 2 aliphatic rings. The van der Waals surface area contributed by atoms with Crippen molar-refractivity contribution in [3.05, 3.63) is 58.5 Å². The molecule has 0 radical (unpaired) electrons. The van der Waals surface area contributed by atoms with E-state index in [0.29, 0.717) is 24.1 Å². The van der Waals surface area contributed by atoms with Gasteiger partial charge in [-0.3, -0.25) is 14.4 Å². The molecule has 1 heterocycles. The number of primary amides is 1. The number of nitrogens with one attached hydrogen (secondary N) is 2. The van der Waals surface area contributed by atoms with E-state index in [1.807, 2.05) is 13.8 Å². The number of methoxy groups -OCH3 is 2. The number of amides is 2. The van der Waals surface area contributed by atoms with Crippen molar-refractivity contribution in [2.45, 2.75) is 136 Å². The van der Waals surface area contributed by atoms with E-state index in [9.17, 15) is 24.3 Å². The zero-order valence-electron chi connectivity index (χ0n) is 31.9. The van der Waals surface area contributed by atoms with Crippen molar-refractivity contribution >= 4 is 23.6 Å². The molecule has 1 aliphatic carbocycles. The molecule has 5 N–H and O–H groups in total. The first kappa shape index (κ1) is 43.6. The predicted octanol–water partition coefficient (Wildman–Crippen LogP) is 6.27. The average molecular weight is 714 g/mol. The molecule has 286 valence electrons. The minimum absolute atomic E-state index is 0.0900. The predicted molar refractivity (Wildman–Crippen MR) is 199 cm³/mol.